The van der Waals surface area contributed by atoms with Crippen molar-refractivity contribution in [3.05, 3.63) is 30.1 Å². The van der Waals surface area contributed by atoms with Crippen LogP contribution < -0.4 is 16.0 Å². The maximum Gasteiger partial charge on any atom is 0.319 e. The number of benzene rings is 1. The highest BCUT2D eigenvalue weighted by atomic mass is 32.1. The third-order valence-corrected chi connectivity index (χ3v) is 4.20. The summed E-state index contributed by atoms with van der Waals surface area (Å²) in [6.45, 7) is 2.88. The predicted octanol–water partition coefficient (Wildman–Crippen LogP) is 1.93. The van der Waals surface area contributed by atoms with Crippen molar-refractivity contribution in [1.82, 2.24) is 15.5 Å². The Kier molecular flexibility index (Phi) is 7.20. The van der Waals surface area contributed by atoms with Gasteiger partial charge in [0.2, 0.25) is 0 Å². The molecular weight excluding hydrogens is 331 g/mol. The first-order chi connectivity index (χ1) is 11.6. The fourth-order valence-corrected chi connectivity index (χ4v) is 2.77. The normalized spacial score (nSPS) is 15.0. The zero-order valence-corrected chi connectivity index (χ0v) is 14.5. The van der Waals surface area contributed by atoms with Crippen molar-refractivity contribution in [1.29, 1.82) is 0 Å². The average Bonchev–Trinajstić information content (AvgIpc) is 2.58. The molecule has 0 bridgehead atoms. The summed E-state index contributed by atoms with van der Waals surface area (Å²) in [6, 6.07) is 5.50. The lowest BCUT2D eigenvalue weighted by Gasteiger charge is -2.34. The van der Waals surface area contributed by atoms with E-state index in [0.29, 0.717) is 18.8 Å². The van der Waals surface area contributed by atoms with Crippen molar-refractivity contribution in [2.75, 3.05) is 38.7 Å². The number of anilines is 1. The number of amides is 2. The number of methoxy groups -OCH3 is 1. The van der Waals surface area contributed by atoms with Crippen LogP contribution >= 0.6 is 12.2 Å². The molecule has 0 unspecified atom stereocenters. The molecule has 8 heteroatoms. The fraction of sp³-hybridized carbons (Fsp3) is 0.500. The highest BCUT2D eigenvalue weighted by Gasteiger charge is 2.22. The smallest absolute Gasteiger partial charge is 0.319 e. The minimum absolute atomic E-state index is 0.100. The Bertz CT molecular complexity index is 548. The lowest BCUT2D eigenvalue weighted by molar-refractivity contribution is 0.201. The molecule has 1 aliphatic rings. The topological polar surface area (TPSA) is 65.6 Å². The number of nitrogens with zero attached hydrogens (tertiary/aromatic N) is 1. The maximum absolute atomic E-state index is 12.8. The van der Waals surface area contributed by atoms with Gasteiger partial charge in [0.1, 0.15) is 5.82 Å². The summed E-state index contributed by atoms with van der Waals surface area (Å²) in [5.74, 6) is -0.330. The van der Waals surface area contributed by atoms with E-state index in [1.165, 1.54) is 24.3 Å². The number of ether oxygens (including phenoxy) is 1. The number of rotatable bonds is 5. The SMILES string of the molecule is COCCNC(=S)N1CCC(NC(=O)Nc2ccc(F)cc2)CC1. The molecule has 0 atom stereocenters. The van der Waals surface area contributed by atoms with Gasteiger partial charge < -0.3 is 25.6 Å². The molecule has 2 amide bonds. The third kappa shape index (κ3) is 5.93. The van der Waals surface area contributed by atoms with Crippen molar-refractivity contribution in [2.45, 2.75) is 18.9 Å². The van der Waals surface area contributed by atoms with E-state index in [1.54, 1.807) is 7.11 Å². The molecule has 1 aromatic rings. The molecule has 0 spiro atoms. The van der Waals surface area contributed by atoms with Gasteiger partial charge in [0.25, 0.3) is 0 Å². The van der Waals surface area contributed by atoms with Crippen molar-refractivity contribution in [2.24, 2.45) is 0 Å². The molecular formula is C16H23FN4O2S. The number of likely N-dealkylation sites (tertiary alicyclic amines) is 1. The number of hydrogen-bond donors (Lipinski definition) is 3. The minimum atomic E-state index is -0.330. The predicted molar refractivity (Wildman–Crippen MR) is 95.6 cm³/mol. The van der Waals surface area contributed by atoms with Gasteiger partial charge in [0, 0.05) is 38.5 Å². The number of carbonyl (C=O) groups is 1. The molecule has 1 heterocycles. The van der Waals surface area contributed by atoms with E-state index in [1.807, 2.05) is 0 Å². The molecule has 1 aliphatic heterocycles. The van der Waals surface area contributed by atoms with Crippen LogP contribution in [0, 0.1) is 5.82 Å². The third-order valence-electron chi connectivity index (χ3n) is 3.80. The second-order valence-electron chi connectivity index (χ2n) is 5.59. The highest BCUT2D eigenvalue weighted by Crippen LogP contribution is 2.12. The van der Waals surface area contributed by atoms with Crippen molar-refractivity contribution in [3.63, 3.8) is 0 Å². The monoisotopic (exact) mass is 354 g/mol. The van der Waals surface area contributed by atoms with E-state index in [0.717, 1.165) is 31.0 Å². The molecule has 132 valence electrons. The van der Waals surface area contributed by atoms with Gasteiger partial charge >= 0.3 is 6.03 Å². The van der Waals surface area contributed by atoms with E-state index < -0.39 is 0 Å². The standard InChI is InChI=1S/C16H23FN4O2S/c1-23-11-8-18-16(24)21-9-6-14(7-10-21)20-15(22)19-13-4-2-12(17)3-5-13/h2-5,14H,6-11H2,1H3,(H,18,24)(H2,19,20,22). The summed E-state index contributed by atoms with van der Waals surface area (Å²) in [7, 11) is 1.65. The molecule has 0 saturated carbocycles. The molecule has 0 radical (unpaired) electrons. The van der Waals surface area contributed by atoms with Gasteiger partial charge in [-0.3, -0.25) is 0 Å². The van der Waals surface area contributed by atoms with Crippen LogP contribution in [-0.2, 0) is 4.74 Å². The Labute approximate surface area is 146 Å². The lowest BCUT2D eigenvalue weighted by Crippen LogP contribution is -2.50. The van der Waals surface area contributed by atoms with Crippen LogP contribution in [0.3, 0.4) is 0 Å². The number of nitrogens with one attached hydrogen (secondary N) is 3. The molecule has 1 fully saturated rings. The molecule has 2 rings (SSSR count). The van der Waals surface area contributed by atoms with E-state index in [9.17, 15) is 9.18 Å². The van der Waals surface area contributed by atoms with Crippen LogP contribution in [0.4, 0.5) is 14.9 Å². The first-order valence-corrected chi connectivity index (χ1v) is 8.34. The Morgan fingerprint density at radius 3 is 2.62 bits per heavy atom. The van der Waals surface area contributed by atoms with Crippen LogP contribution in [0.15, 0.2) is 24.3 Å². The van der Waals surface area contributed by atoms with E-state index in [4.69, 9.17) is 17.0 Å². The van der Waals surface area contributed by atoms with Crippen LogP contribution in [-0.4, -0.2) is 55.4 Å². The number of carbonyl (C=O) groups excluding carboxylic acids is 1. The van der Waals surface area contributed by atoms with Crippen LogP contribution in [0.5, 0.6) is 0 Å². The summed E-state index contributed by atoms with van der Waals surface area (Å²) in [5.41, 5.74) is 0.565. The Hall–Kier alpha value is -1.93. The van der Waals surface area contributed by atoms with Crippen LogP contribution in [0.1, 0.15) is 12.8 Å². The van der Waals surface area contributed by atoms with Gasteiger partial charge in [-0.15, -0.1) is 0 Å². The summed E-state index contributed by atoms with van der Waals surface area (Å²) < 4.78 is 17.8. The molecule has 3 N–H and O–H groups in total. The zero-order chi connectivity index (χ0) is 17.4. The summed E-state index contributed by atoms with van der Waals surface area (Å²) >= 11 is 5.34. The number of thiocarbonyl (C=S) groups is 1. The van der Waals surface area contributed by atoms with E-state index >= 15 is 0 Å². The van der Waals surface area contributed by atoms with Gasteiger partial charge in [-0.1, -0.05) is 0 Å². The number of hydrogen-bond acceptors (Lipinski definition) is 3. The van der Waals surface area contributed by atoms with Crippen LogP contribution in [0.2, 0.25) is 0 Å². The molecule has 0 aliphatic carbocycles. The van der Waals surface area contributed by atoms with Crippen molar-refractivity contribution in [3.8, 4) is 0 Å². The second-order valence-corrected chi connectivity index (χ2v) is 5.98. The first kappa shape index (κ1) is 18.4. The molecule has 1 aromatic carbocycles. The molecule has 6 nitrogen and oxygen atoms in total. The highest BCUT2D eigenvalue weighted by molar-refractivity contribution is 7.80. The van der Waals surface area contributed by atoms with E-state index in [2.05, 4.69) is 20.9 Å². The number of piperidine rings is 1. The zero-order valence-electron chi connectivity index (χ0n) is 13.7. The van der Waals surface area contributed by atoms with Gasteiger partial charge in [0.15, 0.2) is 5.11 Å². The molecule has 1 saturated heterocycles. The largest absolute Gasteiger partial charge is 0.383 e. The van der Waals surface area contributed by atoms with Gasteiger partial charge in [0.05, 0.1) is 6.61 Å². The first-order valence-electron chi connectivity index (χ1n) is 7.93. The minimum Gasteiger partial charge on any atom is -0.383 e. The molecule has 0 aromatic heterocycles. The van der Waals surface area contributed by atoms with Gasteiger partial charge in [-0.25, -0.2) is 9.18 Å². The van der Waals surface area contributed by atoms with Crippen LogP contribution in [0.25, 0.3) is 0 Å². The lowest BCUT2D eigenvalue weighted by atomic mass is 10.1. The Morgan fingerprint density at radius 2 is 2.00 bits per heavy atom. The quantitative estimate of drug-likeness (QED) is 0.557. The average molecular weight is 354 g/mol. The number of halogens is 1. The summed E-state index contributed by atoms with van der Waals surface area (Å²) in [5, 5.41) is 9.51. The number of urea groups is 1. The van der Waals surface area contributed by atoms with Gasteiger partial charge in [-0.2, -0.15) is 0 Å². The fourth-order valence-electron chi connectivity index (χ4n) is 2.48. The molecule has 24 heavy (non-hydrogen) atoms. The summed E-state index contributed by atoms with van der Waals surface area (Å²) in [4.78, 5) is 14.1. The van der Waals surface area contributed by atoms with Crippen molar-refractivity contribution < 1.29 is 13.9 Å². The Balaban J connectivity index is 1.69. The van der Waals surface area contributed by atoms with Gasteiger partial charge in [-0.05, 0) is 49.3 Å². The Morgan fingerprint density at radius 1 is 1.33 bits per heavy atom. The van der Waals surface area contributed by atoms with E-state index in [-0.39, 0.29) is 17.9 Å². The summed E-state index contributed by atoms with van der Waals surface area (Å²) in [6.07, 6.45) is 1.64. The maximum atomic E-state index is 12.8. The second kappa shape index (κ2) is 9.39. The van der Waals surface area contributed by atoms with Crippen molar-refractivity contribution >= 4 is 29.0 Å².